The fourth-order valence-corrected chi connectivity index (χ4v) is 5.58. The molecular formula is C28H42N6O5S. The number of carbonyl (C=O) groups is 3. The van der Waals surface area contributed by atoms with Crippen molar-refractivity contribution < 1.29 is 24.0 Å². The molecule has 1 aliphatic heterocycles. The predicted molar refractivity (Wildman–Crippen MR) is 155 cm³/mol. The van der Waals surface area contributed by atoms with Crippen LogP contribution in [0.1, 0.15) is 72.0 Å². The number of hydrogen-bond donors (Lipinski definition) is 3. The number of thiophene rings is 1. The van der Waals surface area contributed by atoms with Gasteiger partial charge in [-0.2, -0.15) is 11.3 Å². The second-order valence-electron chi connectivity index (χ2n) is 10.4. The molecule has 3 N–H and O–H groups in total. The zero-order chi connectivity index (χ0) is 29.2. The molecule has 3 rings (SSSR count). The summed E-state index contributed by atoms with van der Waals surface area (Å²) >= 11 is 1.62. The molecule has 11 nitrogen and oxygen atoms in total. The van der Waals surface area contributed by atoms with Crippen molar-refractivity contribution in [3.63, 3.8) is 0 Å². The van der Waals surface area contributed by atoms with Gasteiger partial charge in [-0.15, -0.1) is 0 Å². The maximum atomic E-state index is 13.0. The normalized spacial score (nSPS) is 15.0. The summed E-state index contributed by atoms with van der Waals surface area (Å²) in [6.07, 6.45) is 2.48. The Labute approximate surface area is 240 Å². The minimum atomic E-state index is -0.310. The molecule has 220 valence electrons. The lowest BCUT2D eigenvalue weighted by Crippen LogP contribution is -2.51. The standard InChI is InChI=1S/C28H42N6O5S/c1-18(2)30-25(35)23-15-19(3)24(27(31-23)38-5)26(36)29-11-7-20(4)33-12-8-22(9-13-33)34(28(37)32-39-6)16-21-10-14-40-17-21/h10,14-15,17-18,20,22H,7-9,11-13,16H2,1-6H3,(H,29,36)(H,30,35)(H,32,37)/t20-/m1/s1. The lowest BCUT2D eigenvalue weighted by atomic mass is 10.0. The van der Waals surface area contributed by atoms with Crippen LogP contribution in [0.3, 0.4) is 0 Å². The van der Waals surface area contributed by atoms with Crippen molar-refractivity contribution in [3.05, 3.63) is 45.3 Å². The molecular weight excluding hydrogens is 532 g/mol. The molecule has 1 atom stereocenters. The molecule has 1 saturated heterocycles. The molecule has 2 aromatic heterocycles. The number of ether oxygens (including phenoxy) is 1. The number of amides is 4. The molecule has 0 saturated carbocycles. The van der Waals surface area contributed by atoms with Crippen molar-refractivity contribution in [2.45, 2.75) is 71.6 Å². The fraction of sp³-hybridized carbons (Fsp3) is 0.571. The van der Waals surface area contributed by atoms with Gasteiger partial charge in [-0.25, -0.2) is 15.3 Å². The number of urea groups is 1. The van der Waals surface area contributed by atoms with Gasteiger partial charge in [-0.3, -0.25) is 14.4 Å². The van der Waals surface area contributed by atoms with Crippen LogP contribution in [0.5, 0.6) is 5.88 Å². The molecule has 4 amide bonds. The minimum absolute atomic E-state index is 0.0309. The summed E-state index contributed by atoms with van der Waals surface area (Å²) in [6, 6.07) is 3.76. The molecule has 12 heteroatoms. The first-order valence-corrected chi connectivity index (χ1v) is 14.6. The lowest BCUT2D eigenvalue weighted by molar-refractivity contribution is 0.0565. The van der Waals surface area contributed by atoms with E-state index in [0.717, 1.165) is 37.9 Å². The fourth-order valence-electron chi connectivity index (χ4n) is 4.92. The van der Waals surface area contributed by atoms with Gasteiger partial charge in [0.1, 0.15) is 11.3 Å². The van der Waals surface area contributed by atoms with E-state index in [1.165, 1.54) is 14.2 Å². The number of rotatable bonds is 12. The number of likely N-dealkylation sites (tertiary alicyclic amines) is 1. The summed E-state index contributed by atoms with van der Waals surface area (Å²) in [7, 11) is 2.88. The number of nitrogens with zero attached hydrogens (tertiary/aromatic N) is 3. The number of aromatic nitrogens is 1. The summed E-state index contributed by atoms with van der Waals surface area (Å²) in [5.41, 5.74) is 4.75. The van der Waals surface area contributed by atoms with Gasteiger partial charge in [0, 0.05) is 44.3 Å². The molecule has 0 aliphatic carbocycles. The van der Waals surface area contributed by atoms with Gasteiger partial charge in [0.05, 0.1) is 14.2 Å². The van der Waals surface area contributed by atoms with E-state index in [1.807, 2.05) is 30.2 Å². The first-order chi connectivity index (χ1) is 19.1. The Morgan fingerprint density at radius 2 is 1.90 bits per heavy atom. The third kappa shape index (κ3) is 8.39. The van der Waals surface area contributed by atoms with Crippen molar-refractivity contribution in [2.75, 3.05) is 33.9 Å². The van der Waals surface area contributed by atoms with E-state index in [2.05, 4.69) is 38.3 Å². The van der Waals surface area contributed by atoms with Crippen LogP contribution in [-0.2, 0) is 11.4 Å². The summed E-state index contributed by atoms with van der Waals surface area (Å²) in [4.78, 5) is 51.5. The number of nitrogens with one attached hydrogen (secondary N) is 3. The van der Waals surface area contributed by atoms with Crippen LogP contribution in [0.4, 0.5) is 4.79 Å². The van der Waals surface area contributed by atoms with Crippen molar-refractivity contribution in [1.82, 2.24) is 30.9 Å². The van der Waals surface area contributed by atoms with Gasteiger partial charge >= 0.3 is 6.03 Å². The van der Waals surface area contributed by atoms with Crippen molar-refractivity contribution >= 4 is 29.2 Å². The lowest BCUT2D eigenvalue weighted by Gasteiger charge is -2.40. The first kappa shape index (κ1) is 31.3. The van der Waals surface area contributed by atoms with Crippen LogP contribution in [0.15, 0.2) is 22.9 Å². The first-order valence-electron chi connectivity index (χ1n) is 13.6. The van der Waals surface area contributed by atoms with Crippen LogP contribution < -0.4 is 20.9 Å². The predicted octanol–water partition coefficient (Wildman–Crippen LogP) is 3.34. The molecule has 1 aliphatic rings. The van der Waals surface area contributed by atoms with E-state index in [9.17, 15) is 14.4 Å². The average molecular weight is 575 g/mol. The quantitative estimate of drug-likeness (QED) is 0.332. The van der Waals surface area contributed by atoms with Crippen LogP contribution in [0.25, 0.3) is 0 Å². The Hall–Kier alpha value is -3.22. The number of aryl methyl sites for hydroxylation is 1. The average Bonchev–Trinajstić information content (AvgIpc) is 3.44. The van der Waals surface area contributed by atoms with Crippen molar-refractivity contribution in [1.29, 1.82) is 0 Å². The third-order valence-electron chi connectivity index (χ3n) is 7.05. The van der Waals surface area contributed by atoms with Crippen LogP contribution >= 0.6 is 11.3 Å². The molecule has 3 heterocycles. The summed E-state index contributed by atoms with van der Waals surface area (Å²) < 4.78 is 5.36. The Morgan fingerprint density at radius 1 is 1.18 bits per heavy atom. The summed E-state index contributed by atoms with van der Waals surface area (Å²) in [5, 5.41) is 9.86. The molecule has 40 heavy (non-hydrogen) atoms. The van der Waals surface area contributed by atoms with E-state index in [1.54, 1.807) is 24.3 Å². The Bertz CT molecular complexity index is 1130. The Kier molecular flexibility index (Phi) is 11.7. The number of pyridine rings is 1. The monoisotopic (exact) mass is 574 g/mol. The molecule has 0 aromatic carbocycles. The molecule has 0 spiro atoms. The van der Waals surface area contributed by atoms with Gasteiger partial charge in [0.2, 0.25) is 5.88 Å². The third-order valence-corrected chi connectivity index (χ3v) is 7.78. The highest BCUT2D eigenvalue weighted by molar-refractivity contribution is 7.07. The number of hydrogen-bond acceptors (Lipinski definition) is 8. The second kappa shape index (κ2) is 15.0. The summed E-state index contributed by atoms with van der Waals surface area (Å²) in [5.74, 6) is -0.460. The maximum absolute atomic E-state index is 13.0. The molecule has 0 radical (unpaired) electrons. The highest BCUT2D eigenvalue weighted by Gasteiger charge is 2.30. The largest absolute Gasteiger partial charge is 0.480 e. The summed E-state index contributed by atoms with van der Waals surface area (Å²) in [6.45, 7) is 10.4. The van der Waals surface area contributed by atoms with Crippen LogP contribution in [-0.4, -0.2) is 84.6 Å². The van der Waals surface area contributed by atoms with E-state index in [0.29, 0.717) is 24.2 Å². The van der Waals surface area contributed by atoms with Crippen molar-refractivity contribution in [3.8, 4) is 5.88 Å². The van der Waals surface area contributed by atoms with Gasteiger partial charge in [0.25, 0.3) is 11.8 Å². The number of methoxy groups -OCH3 is 1. The van der Waals surface area contributed by atoms with Gasteiger partial charge in [-0.05, 0) is 81.0 Å². The van der Waals surface area contributed by atoms with Gasteiger partial charge in [-0.1, -0.05) is 0 Å². The molecule has 2 aromatic rings. The van der Waals surface area contributed by atoms with Crippen molar-refractivity contribution in [2.24, 2.45) is 0 Å². The highest BCUT2D eigenvalue weighted by atomic mass is 32.1. The van der Waals surface area contributed by atoms with E-state index >= 15 is 0 Å². The Balaban J connectivity index is 1.52. The SMILES string of the molecule is CONC(=O)N(Cc1ccsc1)C1CCN([C@H](C)CCNC(=O)c2c(C)cc(C(=O)NC(C)C)nc2OC)CC1. The zero-order valence-corrected chi connectivity index (χ0v) is 25.1. The zero-order valence-electron chi connectivity index (χ0n) is 24.3. The topological polar surface area (TPSA) is 125 Å². The van der Waals surface area contributed by atoms with E-state index < -0.39 is 0 Å². The smallest absolute Gasteiger partial charge is 0.341 e. The molecule has 0 unspecified atom stereocenters. The maximum Gasteiger partial charge on any atom is 0.341 e. The molecule has 1 fully saturated rings. The number of carbonyl (C=O) groups excluding carboxylic acids is 3. The second-order valence-corrected chi connectivity index (χ2v) is 11.1. The highest BCUT2D eigenvalue weighted by Crippen LogP contribution is 2.23. The van der Waals surface area contributed by atoms with E-state index in [-0.39, 0.29) is 47.5 Å². The van der Waals surface area contributed by atoms with Crippen LogP contribution in [0.2, 0.25) is 0 Å². The van der Waals surface area contributed by atoms with Gasteiger partial charge in [0.15, 0.2) is 0 Å². The molecule has 0 bridgehead atoms. The number of hydroxylamine groups is 1. The minimum Gasteiger partial charge on any atom is -0.480 e. The van der Waals surface area contributed by atoms with Gasteiger partial charge < -0.3 is 25.2 Å². The Morgan fingerprint density at radius 3 is 2.50 bits per heavy atom. The number of piperidine rings is 1. The van der Waals surface area contributed by atoms with Crippen LogP contribution in [0, 0.1) is 6.92 Å². The van der Waals surface area contributed by atoms with E-state index in [4.69, 9.17) is 9.57 Å².